The molecule has 0 aliphatic carbocycles. The molecule has 0 saturated carbocycles. The van der Waals surface area contributed by atoms with Crippen LogP contribution in [-0.4, -0.2) is 24.9 Å². The van der Waals surface area contributed by atoms with E-state index < -0.39 is 0 Å². The van der Waals surface area contributed by atoms with E-state index in [2.05, 4.69) is 41.5 Å². The molecule has 1 aliphatic heterocycles. The van der Waals surface area contributed by atoms with E-state index in [0.29, 0.717) is 0 Å². The molecule has 0 fully saturated rings. The van der Waals surface area contributed by atoms with Crippen LogP contribution in [-0.2, 0) is 4.84 Å². The number of nitrogens with zero attached hydrogens (tertiary/aromatic N) is 1. The van der Waals surface area contributed by atoms with Crippen LogP contribution in [0.15, 0.2) is 35.3 Å². The number of allylic oxidation sites excluding steroid dienone is 1. The SMILES string of the molecule is C=CCC(CC)CCNCC1CC(c2cccs2)=NO1. The van der Waals surface area contributed by atoms with E-state index in [1.54, 1.807) is 11.3 Å². The second kappa shape index (κ2) is 8.22. The predicted octanol–water partition coefficient (Wildman–Crippen LogP) is 3.82. The molecule has 0 aromatic carbocycles. The summed E-state index contributed by atoms with van der Waals surface area (Å²) in [5, 5.41) is 9.76. The van der Waals surface area contributed by atoms with Gasteiger partial charge in [0.05, 0.1) is 4.88 Å². The van der Waals surface area contributed by atoms with E-state index in [1.807, 2.05) is 6.08 Å². The summed E-state index contributed by atoms with van der Waals surface area (Å²) in [6.45, 7) is 7.98. The molecule has 0 bridgehead atoms. The number of thiophene rings is 1. The molecule has 0 saturated heterocycles. The summed E-state index contributed by atoms with van der Waals surface area (Å²) < 4.78 is 0. The van der Waals surface area contributed by atoms with Crippen molar-refractivity contribution in [2.75, 3.05) is 13.1 Å². The van der Waals surface area contributed by atoms with Crippen LogP contribution in [0.3, 0.4) is 0 Å². The molecule has 1 aromatic rings. The first-order chi connectivity index (χ1) is 9.83. The van der Waals surface area contributed by atoms with Crippen molar-refractivity contribution in [2.24, 2.45) is 11.1 Å². The van der Waals surface area contributed by atoms with E-state index in [9.17, 15) is 0 Å². The van der Waals surface area contributed by atoms with E-state index in [1.165, 1.54) is 17.7 Å². The van der Waals surface area contributed by atoms with Gasteiger partial charge in [0.25, 0.3) is 0 Å². The largest absolute Gasteiger partial charge is 0.390 e. The predicted molar refractivity (Wildman–Crippen MR) is 86.4 cm³/mol. The maximum atomic E-state index is 5.49. The third-order valence-corrected chi connectivity index (χ3v) is 4.64. The lowest BCUT2D eigenvalue weighted by atomic mass is 9.98. The van der Waals surface area contributed by atoms with Gasteiger partial charge >= 0.3 is 0 Å². The van der Waals surface area contributed by atoms with Crippen LogP contribution in [0.4, 0.5) is 0 Å². The van der Waals surface area contributed by atoms with Crippen LogP contribution in [0, 0.1) is 5.92 Å². The highest BCUT2D eigenvalue weighted by molar-refractivity contribution is 7.12. The molecule has 110 valence electrons. The molecule has 1 aliphatic rings. The van der Waals surface area contributed by atoms with Gasteiger partial charge in [0.15, 0.2) is 0 Å². The normalized spacial score (nSPS) is 19.4. The average molecular weight is 292 g/mol. The lowest BCUT2D eigenvalue weighted by Crippen LogP contribution is -2.28. The summed E-state index contributed by atoms with van der Waals surface area (Å²) in [4.78, 5) is 6.71. The van der Waals surface area contributed by atoms with Gasteiger partial charge in [0, 0.05) is 13.0 Å². The van der Waals surface area contributed by atoms with Crippen molar-refractivity contribution in [1.82, 2.24) is 5.32 Å². The lowest BCUT2D eigenvalue weighted by Gasteiger charge is -2.14. The number of hydrogen-bond donors (Lipinski definition) is 1. The maximum absolute atomic E-state index is 5.49. The Bertz CT molecular complexity index is 428. The molecule has 2 unspecified atom stereocenters. The Hall–Kier alpha value is -1.13. The monoisotopic (exact) mass is 292 g/mol. The Kier molecular flexibility index (Phi) is 6.27. The molecule has 1 aromatic heterocycles. The molecule has 1 N–H and O–H groups in total. The fourth-order valence-corrected chi connectivity index (χ4v) is 3.14. The number of hydrogen-bond acceptors (Lipinski definition) is 4. The topological polar surface area (TPSA) is 33.6 Å². The fourth-order valence-electron chi connectivity index (χ4n) is 2.42. The van der Waals surface area contributed by atoms with Crippen LogP contribution in [0.25, 0.3) is 0 Å². The summed E-state index contributed by atoms with van der Waals surface area (Å²) in [6, 6.07) is 4.16. The van der Waals surface area contributed by atoms with E-state index >= 15 is 0 Å². The third kappa shape index (κ3) is 4.46. The van der Waals surface area contributed by atoms with Crippen molar-refractivity contribution < 1.29 is 4.84 Å². The Morgan fingerprint density at radius 1 is 1.65 bits per heavy atom. The standard InChI is InChI=1S/C16H24N2OS/c1-3-6-13(4-2)8-9-17-12-14-11-15(18-19-14)16-7-5-10-20-16/h3,5,7,10,13-14,17H,1,4,6,8-9,11-12H2,2H3. The summed E-state index contributed by atoms with van der Waals surface area (Å²) in [5.41, 5.74) is 1.09. The van der Waals surface area contributed by atoms with Crippen LogP contribution in [0.1, 0.15) is 37.5 Å². The lowest BCUT2D eigenvalue weighted by molar-refractivity contribution is 0.0849. The summed E-state index contributed by atoms with van der Waals surface area (Å²) >= 11 is 1.72. The van der Waals surface area contributed by atoms with Gasteiger partial charge in [-0.2, -0.15) is 0 Å². The van der Waals surface area contributed by atoms with E-state index in [-0.39, 0.29) is 6.10 Å². The van der Waals surface area contributed by atoms with Crippen LogP contribution >= 0.6 is 11.3 Å². The summed E-state index contributed by atoms with van der Waals surface area (Å²) in [5.74, 6) is 0.752. The minimum Gasteiger partial charge on any atom is -0.390 e. The van der Waals surface area contributed by atoms with Crippen LogP contribution in [0.2, 0.25) is 0 Å². The Morgan fingerprint density at radius 2 is 2.55 bits per heavy atom. The van der Waals surface area contributed by atoms with E-state index in [0.717, 1.165) is 37.6 Å². The van der Waals surface area contributed by atoms with Crippen molar-refractivity contribution in [3.63, 3.8) is 0 Å². The van der Waals surface area contributed by atoms with Crippen LogP contribution in [0.5, 0.6) is 0 Å². The van der Waals surface area contributed by atoms with Crippen LogP contribution < -0.4 is 5.32 Å². The minimum absolute atomic E-state index is 0.187. The summed E-state index contributed by atoms with van der Waals surface area (Å²) in [6.07, 6.45) is 6.66. The third-order valence-electron chi connectivity index (χ3n) is 3.72. The Balaban J connectivity index is 1.61. The zero-order valence-corrected chi connectivity index (χ0v) is 13.0. The maximum Gasteiger partial charge on any atom is 0.145 e. The number of nitrogens with one attached hydrogen (secondary N) is 1. The number of rotatable bonds is 9. The quantitative estimate of drug-likeness (QED) is 0.554. The van der Waals surface area contributed by atoms with Crippen molar-refractivity contribution in [3.05, 3.63) is 35.0 Å². The molecule has 0 amide bonds. The average Bonchev–Trinajstić information content (AvgIpc) is 3.12. The minimum atomic E-state index is 0.187. The van der Waals surface area contributed by atoms with Gasteiger partial charge in [0.2, 0.25) is 0 Å². The zero-order chi connectivity index (χ0) is 14.2. The molecular weight excluding hydrogens is 268 g/mol. The van der Waals surface area contributed by atoms with Crippen molar-refractivity contribution >= 4 is 17.0 Å². The molecule has 4 heteroatoms. The first kappa shape index (κ1) is 15.3. The van der Waals surface area contributed by atoms with Gasteiger partial charge in [-0.1, -0.05) is 30.6 Å². The second-order valence-corrected chi connectivity index (χ2v) is 6.19. The Labute approximate surface area is 125 Å². The second-order valence-electron chi connectivity index (χ2n) is 5.24. The highest BCUT2D eigenvalue weighted by atomic mass is 32.1. The molecule has 2 rings (SSSR count). The first-order valence-electron chi connectivity index (χ1n) is 7.41. The van der Waals surface area contributed by atoms with Gasteiger partial charge in [-0.05, 0) is 36.8 Å². The van der Waals surface area contributed by atoms with Gasteiger partial charge in [-0.15, -0.1) is 17.9 Å². The van der Waals surface area contributed by atoms with E-state index in [4.69, 9.17) is 4.84 Å². The zero-order valence-electron chi connectivity index (χ0n) is 12.2. The molecule has 20 heavy (non-hydrogen) atoms. The fraction of sp³-hybridized carbons (Fsp3) is 0.562. The summed E-state index contributed by atoms with van der Waals surface area (Å²) in [7, 11) is 0. The van der Waals surface area contributed by atoms with Gasteiger partial charge in [0.1, 0.15) is 11.8 Å². The first-order valence-corrected chi connectivity index (χ1v) is 8.29. The highest BCUT2D eigenvalue weighted by Crippen LogP contribution is 2.20. The molecule has 2 atom stereocenters. The van der Waals surface area contributed by atoms with Crippen molar-refractivity contribution in [2.45, 2.75) is 38.7 Å². The molecule has 2 heterocycles. The molecule has 0 radical (unpaired) electrons. The smallest absolute Gasteiger partial charge is 0.145 e. The Morgan fingerprint density at radius 3 is 3.25 bits per heavy atom. The molecular formula is C16H24N2OS. The van der Waals surface area contributed by atoms with Gasteiger partial charge in [-0.3, -0.25) is 0 Å². The van der Waals surface area contributed by atoms with Crippen molar-refractivity contribution in [1.29, 1.82) is 0 Å². The van der Waals surface area contributed by atoms with Crippen molar-refractivity contribution in [3.8, 4) is 0 Å². The number of oxime groups is 1. The highest BCUT2D eigenvalue weighted by Gasteiger charge is 2.22. The molecule has 0 spiro atoms. The molecule has 3 nitrogen and oxygen atoms in total. The van der Waals surface area contributed by atoms with Gasteiger partial charge in [-0.25, -0.2) is 0 Å². The van der Waals surface area contributed by atoms with Gasteiger partial charge < -0.3 is 10.2 Å².